The molecule has 0 saturated heterocycles. The third-order valence-electron chi connectivity index (χ3n) is 4.45. The monoisotopic (exact) mass is 349 g/mol. The molecule has 1 heterocycles. The summed E-state index contributed by atoms with van der Waals surface area (Å²) in [6, 6.07) is 11.0. The van der Waals surface area contributed by atoms with E-state index >= 15 is 0 Å². The molecule has 134 valence electrons. The first kappa shape index (κ1) is 17.9. The van der Waals surface area contributed by atoms with Gasteiger partial charge in [-0.1, -0.05) is 35.9 Å². The number of carbonyl (C=O) groups is 1. The second-order valence-electron chi connectivity index (χ2n) is 6.97. The minimum Gasteiger partial charge on any atom is -0.320 e. The highest BCUT2D eigenvalue weighted by molar-refractivity contribution is 6.11. The maximum Gasteiger partial charge on any atom is 0.276 e. The van der Waals surface area contributed by atoms with Crippen molar-refractivity contribution in [1.29, 1.82) is 0 Å². The molecule has 0 aliphatic rings. The molecule has 0 atom stereocenters. The van der Waals surface area contributed by atoms with Crippen LogP contribution in [0.15, 0.2) is 41.2 Å². The topological polar surface area (TPSA) is 64.0 Å². The van der Waals surface area contributed by atoms with Crippen LogP contribution in [0.25, 0.3) is 10.8 Å². The van der Waals surface area contributed by atoms with E-state index in [-0.39, 0.29) is 23.2 Å². The summed E-state index contributed by atoms with van der Waals surface area (Å²) in [5.41, 5.74) is 4.00. The third-order valence-corrected chi connectivity index (χ3v) is 4.45. The fourth-order valence-corrected chi connectivity index (χ4v) is 3.27. The summed E-state index contributed by atoms with van der Waals surface area (Å²) < 4.78 is 1.37. The van der Waals surface area contributed by atoms with Crippen molar-refractivity contribution in [2.45, 2.75) is 40.7 Å². The molecular weight excluding hydrogens is 326 g/mol. The first-order valence-corrected chi connectivity index (χ1v) is 8.70. The number of hydrogen-bond acceptors (Lipinski definition) is 3. The molecule has 0 fully saturated rings. The summed E-state index contributed by atoms with van der Waals surface area (Å²) in [6.45, 7) is 9.71. The van der Waals surface area contributed by atoms with Gasteiger partial charge in [0.25, 0.3) is 11.5 Å². The first-order valence-electron chi connectivity index (χ1n) is 8.70. The molecule has 0 spiro atoms. The van der Waals surface area contributed by atoms with Crippen molar-refractivity contribution in [2.24, 2.45) is 0 Å². The van der Waals surface area contributed by atoms with Crippen molar-refractivity contribution in [3.8, 4) is 0 Å². The van der Waals surface area contributed by atoms with Gasteiger partial charge in [-0.15, -0.1) is 0 Å². The molecule has 5 heteroatoms. The van der Waals surface area contributed by atoms with E-state index < -0.39 is 0 Å². The lowest BCUT2D eigenvalue weighted by atomic mass is 10.0. The number of aryl methyl sites for hydroxylation is 3. The van der Waals surface area contributed by atoms with Crippen LogP contribution in [0, 0.1) is 20.8 Å². The van der Waals surface area contributed by atoms with Gasteiger partial charge in [0.05, 0.1) is 11.4 Å². The van der Waals surface area contributed by atoms with Crippen LogP contribution in [0.1, 0.15) is 47.1 Å². The number of nitrogens with zero attached hydrogens (tertiary/aromatic N) is 2. The summed E-state index contributed by atoms with van der Waals surface area (Å²) in [4.78, 5) is 25.6. The van der Waals surface area contributed by atoms with Crippen LogP contribution >= 0.6 is 0 Å². The van der Waals surface area contributed by atoms with Crippen LogP contribution in [0.5, 0.6) is 0 Å². The van der Waals surface area contributed by atoms with E-state index in [4.69, 9.17) is 0 Å². The van der Waals surface area contributed by atoms with E-state index in [9.17, 15) is 9.59 Å². The van der Waals surface area contributed by atoms with Gasteiger partial charge in [0.15, 0.2) is 5.69 Å². The molecule has 5 nitrogen and oxygen atoms in total. The minimum absolute atomic E-state index is 0.137. The van der Waals surface area contributed by atoms with E-state index in [0.29, 0.717) is 10.8 Å². The number of rotatable bonds is 3. The number of anilines is 1. The fraction of sp³-hybridized carbons (Fsp3) is 0.286. The zero-order valence-corrected chi connectivity index (χ0v) is 15.8. The number of nitrogens with one attached hydrogen (secondary N) is 1. The Morgan fingerprint density at radius 3 is 2.19 bits per heavy atom. The summed E-state index contributed by atoms with van der Waals surface area (Å²) >= 11 is 0. The molecule has 0 aliphatic carbocycles. The molecule has 0 aliphatic heterocycles. The van der Waals surface area contributed by atoms with Crippen LogP contribution in [-0.2, 0) is 0 Å². The largest absolute Gasteiger partial charge is 0.320 e. The number of aromatic nitrogens is 2. The van der Waals surface area contributed by atoms with E-state index in [1.165, 1.54) is 4.68 Å². The van der Waals surface area contributed by atoms with Gasteiger partial charge in [0.1, 0.15) is 0 Å². The molecule has 2 aromatic carbocycles. The Labute approximate surface area is 152 Å². The Bertz CT molecular complexity index is 1040. The van der Waals surface area contributed by atoms with Gasteiger partial charge in [-0.05, 0) is 51.8 Å². The molecule has 0 bridgehead atoms. The number of amides is 1. The molecule has 0 radical (unpaired) electrons. The van der Waals surface area contributed by atoms with Gasteiger partial charge in [0.2, 0.25) is 0 Å². The van der Waals surface area contributed by atoms with Gasteiger partial charge in [-0.25, -0.2) is 4.68 Å². The second-order valence-corrected chi connectivity index (χ2v) is 6.97. The van der Waals surface area contributed by atoms with Crippen molar-refractivity contribution < 1.29 is 4.79 Å². The molecule has 0 unspecified atom stereocenters. The highest BCUT2D eigenvalue weighted by Gasteiger charge is 2.19. The van der Waals surface area contributed by atoms with E-state index in [1.807, 2.05) is 52.8 Å². The molecular formula is C21H23N3O2. The van der Waals surface area contributed by atoms with Gasteiger partial charge < -0.3 is 5.32 Å². The molecule has 3 rings (SSSR count). The maximum atomic E-state index is 13.0. The zero-order valence-electron chi connectivity index (χ0n) is 15.8. The summed E-state index contributed by atoms with van der Waals surface area (Å²) in [5, 5.41) is 8.41. The molecule has 3 aromatic rings. The van der Waals surface area contributed by atoms with Crippen LogP contribution in [-0.4, -0.2) is 15.7 Å². The molecule has 1 N–H and O–H groups in total. The molecule has 1 amide bonds. The Kier molecular flexibility index (Phi) is 4.64. The Morgan fingerprint density at radius 1 is 1.04 bits per heavy atom. The highest BCUT2D eigenvalue weighted by atomic mass is 16.2. The number of hydrogen-bond donors (Lipinski definition) is 1. The molecule has 1 aromatic heterocycles. The summed E-state index contributed by atoms with van der Waals surface area (Å²) in [6.07, 6.45) is 0. The van der Waals surface area contributed by atoms with Gasteiger partial charge in [-0.3, -0.25) is 9.59 Å². The standard InChI is InChI=1S/C21H23N3O2/c1-12(2)24-21(26)17-9-7-6-8-16(17)19(23-24)20(25)22-18-14(4)10-13(3)11-15(18)5/h6-12H,1-5H3,(H,22,25). The summed E-state index contributed by atoms with van der Waals surface area (Å²) in [5.74, 6) is -0.314. The summed E-state index contributed by atoms with van der Waals surface area (Å²) in [7, 11) is 0. The van der Waals surface area contributed by atoms with Gasteiger partial charge in [-0.2, -0.15) is 5.10 Å². The lowest BCUT2D eigenvalue weighted by Crippen LogP contribution is -2.29. The predicted molar refractivity (Wildman–Crippen MR) is 105 cm³/mol. The Balaban J connectivity index is 2.15. The van der Waals surface area contributed by atoms with E-state index in [2.05, 4.69) is 10.4 Å². The van der Waals surface area contributed by atoms with E-state index in [1.54, 1.807) is 18.2 Å². The Morgan fingerprint density at radius 2 is 1.62 bits per heavy atom. The predicted octanol–water partition coefficient (Wildman–Crippen LogP) is 4.15. The average Bonchev–Trinajstić information content (AvgIpc) is 2.58. The van der Waals surface area contributed by atoms with E-state index in [0.717, 1.165) is 22.4 Å². The highest BCUT2D eigenvalue weighted by Crippen LogP contribution is 2.23. The number of carbonyl (C=O) groups excluding carboxylic acids is 1. The van der Waals surface area contributed by atoms with Crippen LogP contribution in [0.4, 0.5) is 5.69 Å². The van der Waals surface area contributed by atoms with Crippen molar-refractivity contribution in [1.82, 2.24) is 9.78 Å². The van der Waals surface area contributed by atoms with Crippen LogP contribution in [0.2, 0.25) is 0 Å². The lowest BCUT2D eigenvalue weighted by Gasteiger charge is -2.15. The number of benzene rings is 2. The molecule has 26 heavy (non-hydrogen) atoms. The van der Waals surface area contributed by atoms with Crippen LogP contribution < -0.4 is 10.9 Å². The van der Waals surface area contributed by atoms with Gasteiger partial charge in [0, 0.05) is 11.1 Å². The smallest absolute Gasteiger partial charge is 0.276 e. The normalized spacial score (nSPS) is 11.2. The quantitative estimate of drug-likeness (QED) is 0.772. The van der Waals surface area contributed by atoms with Crippen molar-refractivity contribution >= 4 is 22.4 Å². The maximum absolute atomic E-state index is 13.0. The zero-order chi connectivity index (χ0) is 19.0. The fourth-order valence-electron chi connectivity index (χ4n) is 3.27. The second kappa shape index (κ2) is 6.75. The first-order chi connectivity index (χ1) is 12.3. The average molecular weight is 349 g/mol. The van der Waals surface area contributed by atoms with Crippen molar-refractivity contribution in [2.75, 3.05) is 5.32 Å². The Hall–Kier alpha value is -2.95. The van der Waals surface area contributed by atoms with Crippen LogP contribution in [0.3, 0.4) is 0 Å². The molecule has 0 saturated carbocycles. The van der Waals surface area contributed by atoms with Gasteiger partial charge >= 0.3 is 0 Å². The SMILES string of the molecule is Cc1cc(C)c(NC(=O)c2nn(C(C)C)c(=O)c3ccccc23)c(C)c1. The lowest BCUT2D eigenvalue weighted by molar-refractivity contribution is 0.102. The van der Waals surface area contributed by atoms with Crippen molar-refractivity contribution in [3.05, 3.63) is 69.1 Å². The number of fused-ring (bicyclic) bond motifs is 1. The van der Waals surface area contributed by atoms with Crippen molar-refractivity contribution in [3.63, 3.8) is 0 Å². The third kappa shape index (κ3) is 3.12. The minimum atomic E-state index is -0.314.